The largest absolute Gasteiger partial charge is 0.485 e. The average molecular weight is 412 g/mol. The highest BCUT2D eigenvalue weighted by atomic mass is 32.1. The van der Waals surface area contributed by atoms with Crippen LogP contribution in [-0.2, 0) is 27.2 Å². The minimum absolute atomic E-state index is 0.0197. The maximum absolute atomic E-state index is 12.3. The summed E-state index contributed by atoms with van der Waals surface area (Å²) in [5.41, 5.74) is 1.56. The van der Waals surface area contributed by atoms with Gasteiger partial charge in [-0.1, -0.05) is 19.1 Å². The molecule has 2 atom stereocenters. The summed E-state index contributed by atoms with van der Waals surface area (Å²) in [4.78, 5) is 25.7. The highest BCUT2D eigenvalue weighted by molar-refractivity contribution is 7.16. The van der Waals surface area contributed by atoms with E-state index >= 15 is 0 Å². The lowest BCUT2D eigenvalue weighted by molar-refractivity contribution is -0.156. The molecule has 1 aliphatic heterocycles. The van der Waals surface area contributed by atoms with Gasteiger partial charge in [0.15, 0.2) is 18.1 Å². The molecule has 1 aromatic carbocycles. The number of para-hydroxylation sites is 2. The molecule has 0 radical (unpaired) electrons. The summed E-state index contributed by atoms with van der Waals surface area (Å²) >= 11 is 1.43. The van der Waals surface area contributed by atoms with Gasteiger partial charge in [-0.3, -0.25) is 4.79 Å². The molecule has 1 amide bonds. The first kappa shape index (κ1) is 19.3. The molecule has 0 unspecified atom stereocenters. The third-order valence-electron chi connectivity index (χ3n) is 4.99. The summed E-state index contributed by atoms with van der Waals surface area (Å²) in [5.74, 6) is 0.435. The number of hydrogen-bond donors (Lipinski definition) is 1. The summed E-state index contributed by atoms with van der Waals surface area (Å²) < 4.78 is 16.1. The Kier molecular flexibility index (Phi) is 5.41. The molecule has 1 aliphatic carbocycles. The smallest absolute Gasteiger partial charge is 0.351 e. The van der Waals surface area contributed by atoms with Crippen LogP contribution >= 0.6 is 11.3 Å². The molecule has 1 aromatic heterocycles. The Morgan fingerprint density at radius 2 is 2.14 bits per heavy atom. The van der Waals surface area contributed by atoms with E-state index in [1.165, 1.54) is 11.3 Å². The highest BCUT2D eigenvalue weighted by Crippen LogP contribution is 2.39. The van der Waals surface area contributed by atoms with Crippen LogP contribution < -0.4 is 14.8 Å². The monoisotopic (exact) mass is 412 g/mol. The molecule has 0 spiro atoms. The Hall–Kier alpha value is -3.05. The predicted octanol–water partition coefficient (Wildman–Crippen LogP) is 3.07. The predicted molar refractivity (Wildman–Crippen MR) is 106 cm³/mol. The number of amides is 1. The van der Waals surface area contributed by atoms with Gasteiger partial charge in [0, 0.05) is 4.88 Å². The lowest BCUT2D eigenvalue weighted by atomic mass is 9.89. The maximum Gasteiger partial charge on any atom is 0.351 e. The number of nitrogens with zero attached hydrogens (tertiary/aromatic N) is 1. The van der Waals surface area contributed by atoms with Crippen molar-refractivity contribution in [3.63, 3.8) is 0 Å². The van der Waals surface area contributed by atoms with Crippen LogP contribution in [0, 0.1) is 17.2 Å². The van der Waals surface area contributed by atoms with Crippen molar-refractivity contribution >= 4 is 28.2 Å². The minimum atomic E-state index is -0.928. The molecule has 0 saturated carbocycles. The summed E-state index contributed by atoms with van der Waals surface area (Å²) in [6.45, 7) is 1.75. The van der Waals surface area contributed by atoms with Crippen molar-refractivity contribution < 1.29 is 23.8 Å². The minimum Gasteiger partial charge on any atom is -0.485 e. The fourth-order valence-corrected chi connectivity index (χ4v) is 4.86. The normalized spacial score (nSPS) is 19.6. The van der Waals surface area contributed by atoms with Gasteiger partial charge < -0.3 is 19.5 Å². The van der Waals surface area contributed by atoms with Gasteiger partial charge in [0.25, 0.3) is 5.91 Å². The van der Waals surface area contributed by atoms with Crippen molar-refractivity contribution in [1.29, 1.82) is 5.26 Å². The van der Waals surface area contributed by atoms with Crippen molar-refractivity contribution in [2.45, 2.75) is 32.3 Å². The fraction of sp³-hybridized carbons (Fsp3) is 0.381. The standard InChI is InChI=1S/C21H20N2O5S/c1-12-6-7-13-14(9-22)20(29-18(13)8-12)23-19(24)11-27-21(25)17-10-26-15-4-2-3-5-16(15)28-17/h2-5,12,17H,6-8,10-11H2,1H3,(H,23,24)/t12-,17+/m1/s1. The quantitative estimate of drug-likeness (QED) is 0.775. The molecule has 4 rings (SSSR count). The number of thiophene rings is 1. The third-order valence-corrected chi connectivity index (χ3v) is 6.16. The lowest BCUT2D eigenvalue weighted by Gasteiger charge is -2.24. The third kappa shape index (κ3) is 4.05. The number of nitrogens with one attached hydrogen (secondary N) is 1. The van der Waals surface area contributed by atoms with Crippen LogP contribution in [0.5, 0.6) is 11.5 Å². The van der Waals surface area contributed by atoms with Crippen molar-refractivity contribution in [1.82, 2.24) is 0 Å². The number of benzene rings is 1. The molecule has 8 heteroatoms. The van der Waals surface area contributed by atoms with Gasteiger partial charge in [-0.25, -0.2) is 4.79 Å². The van der Waals surface area contributed by atoms with E-state index in [9.17, 15) is 14.9 Å². The van der Waals surface area contributed by atoms with E-state index < -0.39 is 24.6 Å². The number of fused-ring (bicyclic) bond motifs is 2. The molecular weight excluding hydrogens is 392 g/mol. The zero-order chi connectivity index (χ0) is 20.4. The maximum atomic E-state index is 12.3. The van der Waals surface area contributed by atoms with Gasteiger partial charge >= 0.3 is 5.97 Å². The Balaban J connectivity index is 1.34. The van der Waals surface area contributed by atoms with Crippen LogP contribution in [0.1, 0.15) is 29.3 Å². The van der Waals surface area contributed by atoms with Crippen molar-refractivity contribution in [3.05, 3.63) is 40.3 Å². The van der Waals surface area contributed by atoms with Crippen LogP contribution in [0.25, 0.3) is 0 Å². The Morgan fingerprint density at radius 1 is 1.34 bits per heavy atom. The van der Waals surface area contributed by atoms with E-state index in [0.29, 0.717) is 28.0 Å². The van der Waals surface area contributed by atoms with Crippen molar-refractivity contribution in [2.24, 2.45) is 5.92 Å². The number of ether oxygens (including phenoxy) is 3. The van der Waals surface area contributed by atoms with E-state index in [1.807, 2.05) is 6.07 Å². The summed E-state index contributed by atoms with van der Waals surface area (Å²) in [7, 11) is 0. The molecule has 7 nitrogen and oxygen atoms in total. The first-order chi connectivity index (χ1) is 14.0. The van der Waals surface area contributed by atoms with Crippen LogP contribution in [0.4, 0.5) is 5.00 Å². The average Bonchev–Trinajstić information content (AvgIpc) is 3.07. The van der Waals surface area contributed by atoms with Gasteiger partial charge in [0.05, 0.1) is 5.56 Å². The lowest BCUT2D eigenvalue weighted by Crippen LogP contribution is -2.39. The molecule has 150 valence electrons. The van der Waals surface area contributed by atoms with E-state index in [4.69, 9.17) is 14.2 Å². The van der Waals surface area contributed by atoms with Crippen LogP contribution in [-0.4, -0.2) is 31.2 Å². The highest BCUT2D eigenvalue weighted by Gasteiger charge is 2.29. The second-order valence-electron chi connectivity index (χ2n) is 7.19. The first-order valence-electron chi connectivity index (χ1n) is 9.44. The van der Waals surface area contributed by atoms with Crippen molar-refractivity contribution in [2.75, 3.05) is 18.5 Å². The first-order valence-corrected chi connectivity index (χ1v) is 10.3. The molecule has 29 heavy (non-hydrogen) atoms. The molecule has 0 fully saturated rings. The van der Waals surface area contributed by atoms with Crippen LogP contribution in [0.3, 0.4) is 0 Å². The number of carbonyl (C=O) groups excluding carboxylic acids is 2. The topological polar surface area (TPSA) is 97.7 Å². The van der Waals surface area contributed by atoms with Gasteiger partial charge in [-0.05, 0) is 42.9 Å². The Bertz CT molecular complexity index is 993. The van der Waals surface area contributed by atoms with E-state index in [0.717, 1.165) is 29.7 Å². The number of anilines is 1. The molecule has 0 bridgehead atoms. The van der Waals surface area contributed by atoms with Gasteiger partial charge in [0.1, 0.15) is 17.7 Å². The van der Waals surface area contributed by atoms with E-state index in [-0.39, 0.29) is 6.61 Å². The molecule has 1 N–H and O–H groups in total. The molecule has 2 heterocycles. The van der Waals surface area contributed by atoms with E-state index in [1.54, 1.807) is 18.2 Å². The van der Waals surface area contributed by atoms with Gasteiger partial charge in [0.2, 0.25) is 6.10 Å². The molecule has 0 saturated heterocycles. The second kappa shape index (κ2) is 8.13. The number of esters is 1. The SMILES string of the molecule is C[C@@H]1CCc2c(sc(NC(=O)COC(=O)[C@@H]3COc4ccccc4O3)c2C#N)C1. The number of hydrogen-bond acceptors (Lipinski definition) is 7. The van der Waals surface area contributed by atoms with Crippen molar-refractivity contribution in [3.8, 4) is 17.6 Å². The van der Waals surface area contributed by atoms with Crippen LogP contribution in [0.15, 0.2) is 24.3 Å². The number of carbonyl (C=O) groups is 2. The van der Waals surface area contributed by atoms with Gasteiger partial charge in [-0.2, -0.15) is 5.26 Å². The summed E-state index contributed by atoms with van der Waals surface area (Å²) in [6.07, 6.45) is 1.87. The van der Waals surface area contributed by atoms with Crippen LogP contribution in [0.2, 0.25) is 0 Å². The second-order valence-corrected chi connectivity index (χ2v) is 8.29. The van der Waals surface area contributed by atoms with E-state index in [2.05, 4.69) is 18.3 Å². The number of rotatable bonds is 4. The summed E-state index contributed by atoms with van der Waals surface area (Å²) in [6, 6.07) is 9.23. The summed E-state index contributed by atoms with van der Waals surface area (Å²) in [5, 5.41) is 12.7. The Morgan fingerprint density at radius 3 is 2.93 bits per heavy atom. The van der Waals surface area contributed by atoms with Gasteiger partial charge in [-0.15, -0.1) is 11.3 Å². The zero-order valence-electron chi connectivity index (χ0n) is 15.9. The molecule has 2 aromatic rings. The molecular formula is C21H20N2O5S. The molecule has 2 aliphatic rings. The zero-order valence-corrected chi connectivity index (χ0v) is 16.7. The number of nitriles is 1. The Labute approximate surface area is 172 Å². The fourth-order valence-electron chi connectivity index (χ4n) is 3.49.